The molecule has 54 valence electrons. The van der Waals surface area contributed by atoms with Gasteiger partial charge < -0.3 is 0 Å². The maximum Gasteiger partial charge on any atom is 0.0522 e. The number of alkyl halides is 1. The van der Waals surface area contributed by atoms with Crippen LogP contribution in [0.4, 0.5) is 0 Å². The van der Waals surface area contributed by atoms with Crippen LogP contribution in [0.15, 0.2) is 6.20 Å². The molecule has 2 nitrogen and oxygen atoms in total. The monoisotopic (exact) mass is 156 g/mol. The minimum Gasteiger partial charge on any atom is -0.282 e. The van der Waals surface area contributed by atoms with Gasteiger partial charge in [0.1, 0.15) is 0 Å². The number of fused-ring (bicyclic) bond motifs is 1. The predicted molar refractivity (Wildman–Crippen MR) is 40.3 cm³/mol. The summed E-state index contributed by atoms with van der Waals surface area (Å²) in [6.07, 6.45) is 5.00. The van der Waals surface area contributed by atoms with Gasteiger partial charge in [0, 0.05) is 11.1 Å². The molecule has 0 bridgehead atoms. The third kappa shape index (κ3) is 0.926. The molecule has 1 heterocycles. The molecule has 0 amide bonds. The molecular weight excluding hydrogens is 148 g/mol. The molecule has 0 unspecified atom stereocenters. The summed E-state index contributed by atoms with van der Waals surface area (Å²) in [6, 6.07) is 0. The highest BCUT2D eigenvalue weighted by molar-refractivity contribution is 6.20. The lowest BCUT2D eigenvalue weighted by Gasteiger charge is -2.14. The summed E-state index contributed by atoms with van der Waals surface area (Å²) < 4.78 is 0. The molecular formula is C7H9ClN2. The third-order valence-corrected chi connectivity index (χ3v) is 2.33. The number of hydrogen-bond acceptors (Lipinski definition) is 1. The van der Waals surface area contributed by atoms with E-state index >= 15 is 0 Å². The Hall–Kier alpha value is -0.500. The van der Waals surface area contributed by atoms with Gasteiger partial charge in [0.15, 0.2) is 0 Å². The zero-order valence-corrected chi connectivity index (χ0v) is 6.36. The van der Waals surface area contributed by atoms with Crippen molar-refractivity contribution in [2.75, 3.05) is 0 Å². The summed E-state index contributed by atoms with van der Waals surface area (Å²) >= 11 is 5.96. The number of aromatic amines is 1. The minimum atomic E-state index is 0.324. The Bertz CT molecular complexity index is 231. The van der Waals surface area contributed by atoms with Gasteiger partial charge in [-0.15, -0.1) is 11.6 Å². The third-order valence-electron chi connectivity index (χ3n) is 1.96. The van der Waals surface area contributed by atoms with Crippen LogP contribution >= 0.6 is 11.6 Å². The Morgan fingerprint density at radius 1 is 1.70 bits per heavy atom. The summed E-state index contributed by atoms with van der Waals surface area (Å²) in [5, 5.41) is 7.25. The minimum absolute atomic E-state index is 0.324. The van der Waals surface area contributed by atoms with Crippen LogP contribution in [-0.2, 0) is 12.8 Å². The van der Waals surface area contributed by atoms with E-state index in [9.17, 15) is 0 Å². The molecule has 0 fully saturated rings. The highest BCUT2D eigenvalue weighted by Gasteiger charge is 2.17. The molecule has 10 heavy (non-hydrogen) atoms. The second-order valence-corrected chi connectivity index (χ2v) is 3.33. The van der Waals surface area contributed by atoms with Crippen molar-refractivity contribution in [3.05, 3.63) is 17.5 Å². The molecule has 1 N–H and O–H groups in total. The molecule has 0 saturated heterocycles. The van der Waals surface area contributed by atoms with E-state index in [0.717, 1.165) is 19.3 Å². The van der Waals surface area contributed by atoms with E-state index in [0.29, 0.717) is 5.38 Å². The average Bonchev–Trinajstić information content (AvgIpc) is 2.33. The number of hydrogen-bond donors (Lipinski definition) is 1. The lowest BCUT2D eigenvalue weighted by atomic mass is 9.98. The molecule has 0 spiro atoms. The molecule has 0 radical (unpaired) electrons. The van der Waals surface area contributed by atoms with Crippen molar-refractivity contribution in [1.82, 2.24) is 10.2 Å². The van der Waals surface area contributed by atoms with Gasteiger partial charge in [0.05, 0.1) is 6.20 Å². The van der Waals surface area contributed by atoms with Crippen LogP contribution in [0.5, 0.6) is 0 Å². The van der Waals surface area contributed by atoms with Gasteiger partial charge >= 0.3 is 0 Å². The second kappa shape index (κ2) is 2.27. The van der Waals surface area contributed by atoms with Crippen molar-refractivity contribution in [1.29, 1.82) is 0 Å². The molecule has 1 atom stereocenters. The van der Waals surface area contributed by atoms with Crippen LogP contribution in [0.25, 0.3) is 0 Å². The normalized spacial score (nSPS) is 24.3. The maximum absolute atomic E-state index is 5.96. The second-order valence-electron chi connectivity index (χ2n) is 2.71. The van der Waals surface area contributed by atoms with Crippen molar-refractivity contribution in [3.63, 3.8) is 0 Å². The summed E-state index contributed by atoms with van der Waals surface area (Å²) in [4.78, 5) is 0. The quantitative estimate of drug-likeness (QED) is 0.567. The molecule has 1 aliphatic carbocycles. The predicted octanol–water partition coefficient (Wildman–Crippen LogP) is 1.51. The van der Waals surface area contributed by atoms with Crippen LogP contribution in [-0.4, -0.2) is 15.6 Å². The number of nitrogens with zero attached hydrogens (tertiary/aromatic N) is 1. The van der Waals surface area contributed by atoms with Gasteiger partial charge in [-0.3, -0.25) is 5.10 Å². The van der Waals surface area contributed by atoms with Crippen LogP contribution in [0.2, 0.25) is 0 Å². The van der Waals surface area contributed by atoms with E-state index < -0.39 is 0 Å². The molecule has 1 aliphatic rings. The first kappa shape index (κ1) is 6.23. The van der Waals surface area contributed by atoms with Gasteiger partial charge in [-0.25, -0.2) is 0 Å². The van der Waals surface area contributed by atoms with Crippen LogP contribution in [0.1, 0.15) is 17.7 Å². The van der Waals surface area contributed by atoms with Crippen LogP contribution in [0, 0.1) is 0 Å². The van der Waals surface area contributed by atoms with Gasteiger partial charge in [-0.2, -0.15) is 5.10 Å². The van der Waals surface area contributed by atoms with Gasteiger partial charge in [-0.05, 0) is 24.8 Å². The number of rotatable bonds is 0. The van der Waals surface area contributed by atoms with E-state index in [2.05, 4.69) is 10.2 Å². The largest absolute Gasteiger partial charge is 0.282 e. The van der Waals surface area contributed by atoms with E-state index in [1.807, 2.05) is 6.20 Å². The lowest BCUT2D eigenvalue weighted by Crippen LogP contribution is -2.12. The smallest absolute Gasteiger partial charge is 0.0522 e. The van der Waals surface area contributed by atoms with Crippen molar-refractivity contribution in [3.8, 4) is 0 Å². The topological polar surface area (TPSA) is 28.7 Å². The van der Waals surface area contributed by atoms with E-state index in [4.69, 9.17) is 11.6 Å². The Balaban J connectivity index is 2.30. The van der Waals surface area contributed by atoms with Gasteiger partial charge in [-0.1, -0.05) is 0 Å². The van der Waals surface area contributed by atoms with Gasteiger partial charge in [0.2, 0.25) is 0 Å². The Labute approximate surface area is 64.6 Å². The Morgan fingerprint density at radius 3 is 3.50 bits per heavy atom. The molecule has 3 heteroatoms. The molecule has 1 aromatic heterocycles. The van der Waals surface area contributed by atoms with Gasteiger partial charge in [0.25, 0.3) is 0 Å². The first-order chi connectivity index (χ1) is 4.86. The SMILES string of the molecule is Cl[C@H]1CCc2[nH]ncc2C1. The molecule has 1 aromatic rings. The first-order valence-corrected chi connectivity index (χ1v) is 3.95. The molecule has 0 aromatic carbocycles. The molecule has 0 saturated carbocycles. The Morgan fingerprint density at radius 2 is 2.60 bits per heavy atom. The first-order valence-electron chi connectivity index (χ1n) is 3.51. The zero-order valence-electron chi connectivity index (χ0n) is 5.60. The van der Waals surface area contributed by atoms with Crippen LogP contribution < -0.4 is 0 Å². The number of H-pyrrole nitrogens is 1. The fraction of sp³-hybridized carbons (Fsp3) is 0.571. The number of halogens is 1. The van der Waals surface area contributed by atoms with E-state index in [1.165, 1.54) is 11.3 Å². The summed E-state index contributed by atoms with van der Waals surface area (Å²) in [6.45, 7) is 0. The van der Waals surface area contributed by atoms with Crippen molar-refractivity contribution in [2.45, 2.75) is 24.6 Å². The zero-order chi connectivity index (χ0) is 6.97. The van der Waals surface area contributed by atoms with Crippen molar-refractivity contribution in [2.24, 2.45) is 0 Å². The number of aryl methyl sites for hydroxylation is 1. The Kier molecular flexibility index (Phi) is 1.42. The highest BCUT2D eigenvalue weighted by atomic mass is 35.5. The fourth-order valence-electron chi connectivity index (χ4n) is 1.37. The standard InChI is InChI=1S/C7H9ClN2/c8-6-1-2-7-5(3-6)4-9-10-7/h4,6H,1-3H2,(H,9,10)/t6-/m0/s1. The summed E-state index contributed by atoms with van der Waals surface area (Å²) in [5.41, 5.74) is 2.57. The highest BCUT2D eigenvalue weighted by Crippen LogP contribution is 2.21. The average molecular weight is 157 g/mol. The van der Waals surface area contributed by atoms with Crippen LogP contribution in [0.3, 0.4) is 0 Å². The maximum atomic E-state index is 5.96. The number of nitrogens with one attached hydrogen (secondary N) is 1. The number of aromatic nitrogens is 2. The summed E-state index contributed by atoms with van der Waals surface area (Å²) in [7, 11) is 0. The summed E-state index contributed by atoms with van der Waals surface area (Å²) in [5.74, 6) is 0. The fourth-order valence-corrected chi connectivity index (χ4v) is 1.65. The van der Waals surface area contributed by atoms with Crippen molar-refractivity contribution >= 4 is 11.6 Å². The van der Waals surface area contributed by atoms with E-state index in [-0.39, 0.29) is 0 Å². The van der Waals surface area contributed by atoms with Crippen molar-refractivity contribution < 1.29 is 0 Å². The van der Waals surface area contributed by atoms with E-state index in [1.54, 1.807) is 0 Å². The molecule has 0 aliphatic heterocycles. The lowest BCUT2D eigenvalue weighted by molar-refractivity contribution is 0.683. The molecule has 2 rings (SSSR count).